The fourth-order valence-corrected chi connectivity index (χ4v) is 2.39. The number of nitrogens with one attached hydrogen (secondary N) is 1. The molecule has 6 heteroatoms. The third kappa shape index (κ3) is 9.67. The SMILES string of the molecule is CC(C)CCCC(C)NC(N)=NCc1ccc(C(=O)N(C)C)cc1.I. The molecule has 0 aliphatic carbocycles. The van der Waals surface area contributed by atoms with Gasteiger partial charge in [-0.2, -0.15) is 0 Å². The van der Waals surface area contributed by atoms with Crippen LogP contribution in [0.25, 0.3) is 0 Å². The van der Waals surface area contributed by atoms with Crippen LogP contribution in [0.5, 0.6) is 0 Å². The van der Waals surface area contributed by atoms with Gasteiger partial charge in [0.1, 0.15) is 0 Å². The lowest BCUT2D eigenvalue weighted by molar-refractivity contribution is 0.0827. The van der Waals surface area contributed by atoms with Crippen LogP contribution in [0, 0.1) is 5.92 Å². The molecule has 0 bridgehead atoms. The van der Waals surface area contributed by atoms with Crippen molar-refractivity contribution in [2.24, 2.45) is 16.6 Å². The fraction of sp³-hybridized carbons (Fsp3) is 0.579. The molecule has 1 aromatic carbocycles. The Morgan fingerprint density at radius 3 is 2.28 bits per heavy atom. The number of halogens is 1. The van der Waals surface area contributed by atoms with Crippen LogP contribution in [0.2, 0.25) is 0 Å². The van der Waals surface area contributed by atoms with Gasteiger partial charge < -0.3 is 16.0 Å². The minimum atomic E-state index is 0. The largest absolute Gasteiger partial charge is 0.370 e. The predicted octanol–water partition coefficient (Wildman–Crippen LogP) is 3.63. The van der Waals surface area contributed by atoms with Gasteiger partial charge >= 0.3 is 0 Å². The molecule has 0 spiro atoms. The van der Waals surface area contributed by atoms with Crippen LogP contribution in [0.1, 0.15) is 56.0 Å². The molecule has 0 radical (unpaired) electrons. The molecule has 5 nitrogen and oxygen atoms in total. The Bertz CT molecular complexity index is 541. The van der Waals surface area contributed by atoms with E-state index in [0.29, 0.717) is 24.1 Å². The van der Waals surface area contributed by atoms with E-state index in [1.165, 1.54) is 12.8 Å². The van der Waals surface area contributed by atoms with E-state index < -0.39 is 0 Å². The molecule has 142 valence electrons. The number of guanidine groups is 1. The highest BCUT2D eigenvalue weighted by molar-refractivity contribution is 14.0. The predicted molar refractivity (Wildman–Crippen MR) is 116 cm³/mol. The molecule has 0 saturated carbocycles. The zero-order valence-electron chi connectivity index (χ0n) is 16.1. The summed E-state index contributed by atoms with van der Waals surface area (Å²) in [6.45, 7) is 7.12. The highest BCUT2D eigenvalue weighted by atomic mass is 127. The Morgan fingerprint density at radius 2 is 1.76 bits per heavy atom. The number of carbonyl (C=O) groups excluding carboxylic acids is 1. The van der Waals surface area contributed by atoms with E-state index in [2.05, 4.69) is 31.1 Å². The van der Waals surface area contributed by atoms with E-state index >= 15 is 0 Å². The standard InChI is InChI=1S/C19H32N4O.HI/c1-14(2)7-6-8-15(3)22-19(20)21-13-16-9-11-17(12-10-16)18(24)23(4)5;/h9-12,14-15H,6-8,13H2,1-5H3,(H3,20,21,22);1H. The van der Waals surface area contributed by atoms with E-state index in [1.54, 1.807) is 19.0 Å². The van der Waals surface area contributed by atoms with Gasteiger partial charge in [0.05, 0.1) is 6.54 Å². The van der Waals surface area contributed by atoms with Crippen molar-refractivity contribution in [3.05, 3.63) is 35.4 Å². The molecule has 1 aromatic rings. The highest BCUT2D eigenvalue weighted by Crippen LogP contribution is 2.09. The number of hydrogen-bond donors (Lipinski definition) is 2. The molecule has 25 heavy (non-hydrogen) atoms. The molecule has 0 heterocycles. The summed E-state index contributed by atoms with van der Waals surface area (Å²) in [5.41, 5.74) is 7.66. The number of aliphatic imine (C=N–C) groups is 1. The summed E-state index contributed by atoms with van der Waals surface area (Å²) >= 11 is 0. The maximum absolute atomic E-state index is 11.8. The van der Waals surface area contributed by atoms with Gasteiger partial charge in [-0.15, -0.1) is 24.0 Å². The van der Waals surface area contributed by atoms with E-state index in [1.807, 2.05) is 24.3 Å². The van der Waals surface area contributed by atoms with E-state index in [4.69, 9.17) is 5.73 Å². The quantitative estimate of drug-likeness (QED) is 0.354. The van der Waals surface area contributed by atoms with Crippen molar-refractivity contribution < 1.29 is 4.79 Å². The average Bonchev–Trinajstić information content (AvgIpc) is 2.52. The van der Waals surface area contributed by atoms with Crippen LogP contribution in [-0.2, 0) is 6.54 Å². The van der Waals surface area contributed by atoms with Crippen molar-refractivity contribution in [3.8, 4) is 0 Å². The van der Waals surface area contributed by atoms with Gasteiger partial charge in [-0.25, -0.2) is 4.99 Å². The van der Waals surface area contributed by atoms with Crippen LogP contribution in [0.15, 0.2) is 29.3 Å². The zero-order valence-corrected chi connectivity index (χ0v) is 18.4. The summed E-state index contributed by atoms with van der Waals surface area (Å²) in [4.78, 5) is 17.8. The summed E-state index contributed by atoms with van der Waals surface area (Å²) in [6.07, 6.45) is 3.53. The molecular formula is C19H33IN4O. The van der Waals surface area contributed by atoms with E-state index in [9.17, 15) is 4.79 Å². The molecule has 0 aromatic heterocycles. The minimum absolute atomic E-state index is 0. The number of carbonyl (C=O) groups is 1. The van der Waals surface area contributed by atoms with Gasteiger partial charge in [0.25, 0.3) is 5.91 Å². The zero-order chi connectivity index (χ0) is 18.1. The number of nitrogens with two attached hydrogens (primary N) is 1. The number of rotatable bonds is 8. The lowest BCUT2D eigenvalue weighted by atomic mass is 10.0. The fourth-order valence-electron chi connectivity index (χ4n) is 2.39. The molecule has 0 fully saturated rings. The molecule has 0 saturated heterocycles. The Hall–Kier alpha value is -1.31. The maximum atomic E-state index is 11.8. The topological polar surface area (TPSA) is 70.7 Å². The molecule has 1 rings (SSSR count). The van der Waals surface area contributed by atoms with Crippen LogP contribution in [0.4, 0.5) is 0 Å². The number of nitrogens with zero attached hydrogens (tertiary/aromatic N) is 2. The summed E-state index contributed by atoms with van der Waals surface area (Å²) < 4.78 is 0. The second-order valence-corrected chi connectivity index (χ2v) is 6.97. The van der Waals surface area contributed by atoms with Crippen LogP contribution in [-0.4, -0.2) is 36.9 Å². The summed E-state index contributed by atoms with van der Waals surface area (Å²) in [7, 11) is 3.49. The minimum Gasteiger partial charge on any atom is -0.370 e. The van der Waals surface area contributed by atoms with Crippen molar-refractivity contribution in [3.63, 3.8) is 0 Å². The Morgan fingerprint density at radius 1 is 1.16 bits per heavy atom. The third-order valence-corrected chi connectivity index (χ3v) is 3.85. The molecular weight excluding hydrogens is 427 g/mol. The van der Waals surface area contributed by atoms with Crippen LogP contribution < -0.4 is 11.1 Å². The summed E-state index contributed by atoms with van der Waals surface area (Å²) in [6, 6.07) is 7.81. The lowest BCUT2D eigenvalue weighted by Gasteiger charge is -2.15. The normalized spacial score (nSPS) is 12.5. The van der Waals surface area contributed by atoms with Gasteiger partial charge in [-0.3, -0.25) is 4.79 Å². The summed E-state index contributed by atoms with van der Waals surface area (Å²) in [5, 5.41) is 3.24. The first kappa shape index (κ1) is 23.7. The first-order valence-corrected chi connectivity index (χ1v) is 8.66. The second kappa shape index (κ2) is 12.1. The number of amides is 1. The monoisotopic (exact) mass is 460 g/mol. The third-order valence-electron chi connectivity index (χ3n) is 3.85. The van der Waals surface area contributed by atoms with E-state index in [0.717, 1.165) is 17.9 Å². The van der Waals surface area contributed by atoms with Crippen molar-refractivity contribution in [2.75, 3.05) is 14.1 Å². The first-order chi connectivity index (χ1) is 11.3. The van der Waals surface area contributed by atoms with Crippen molar-refractivity contribution in [1.82, 2.24) is 10.2 Å². The maximum Gasteiger partial charge on any atom is 0.253 e. The van der Waals surface area contributed by atoms with Gasteiger partial charge in [0.15, 0.2) is 5.96 Å². The number of hydrogen-bond acceptors (Lipinski definition) is 2. The molecule has 0 aliphatic rings. The highest BCUT2D eigenvalue weighted by Gasteiger charge is 2.07. The van der Waals surface area contributed by atoms with E-state index in [-0.39, 0.29) is 29.9 Å². The van der Waals surface area contributed by atoms with Crippen molar-refractivity contribution >= 4 is 35.8 Å². The smallest absolute Gasteiger partial charge is 0.253 e. The van der Waals surface area contributed by atoms with Gasteiger partial charge in [-0.1, -0.05) is 38.8 Å². The average molecular weight is 460 g/mol. The van der Waals surface area contributed by atoms with Gasteiger partial charge in [-0.05, 0) is 37.0 Å². The Kier molecular flexibility index (Phi) is 11.5. The number of benzene rings is 1. The molecule has 1 atom stereocenters. The van der Waals surface area contributed by atoms with Gasteiger partial charge in [0.2, 0.25) is 0 Å². The molecule has 1 unspecified atom stereocenters. The Labute approximate surface area is 169 Å². The molecule has 3 N–H and O–H groups in total. The van der Waals surface area contributed by atoms with Gasteiger partial charge in [0, 0.05) is 25.7 Å². The summed E-state index contributed by atoms with van der Waals surface area (Å²) in [5.74, 6) is 1.22. The molecule has 1 amide bonds. The lowest BCUT2D eigenvalue weighted by Crippen LogP contribution is -2.38. The van der Waals surface area contributed by atoms with Crippen molar-refractivity contribution in [2.45, 2.75) is 52.6 Å². The Balaban J connectivity index is 0.00000576. The van der Waals surface area contributed by atoms with Crippen LogP contribution >= 0.6 is 24.0 Å². The van der Waals surface area contributed by atoms with Crippen LogP contribution in [0.3, 0.4) is 0 Å². The van der Waals surface area contributed by atoms with Crippen molar-refractivity contribution in [1.29, 1.82) is 0 Å². The second-order valence-electron chi connectivity index (χ2n) is 6.97. The first-order valence-electron chi connectivity index (χ1n) is 8.66. The molecule has 0 aliphatic heterocycles.